The predicted octanol–water partition coefficient (Wildman–Crippen LogP) is -3.07. The molecule has 19 nitrogen and oxygen atoms in total. The number of carbonyl (C=O) groups excluding carboxylic acids is 2. The number of ether oxygens (including phenoxy) is 7. The van der Waals surface area contributed by atoms with Gasteiger partial charge in [0.05, 0.1) is 13.2 Å². The zero-order valence-corrected chi connectivity index (χ0v) is 30.7. The van der Waals surface area contributed by atoms with E-state index in [4.69, 9.17) is 33.2 Å². The Balaban J connectivity index is 1.56. The number of hydrogen-bond donors (Lipinski definition) is 10. The van der Waals surface area contributed by atoms with Gasteiger partial charge in [0.1, 0.15) is 85.6 Å². The van der Waals surface area contributed by atoms with Crippen LogP contribution in [0, 0.1) is 0 Å². The summed E-state index contributed by atoms with van der Waals surface area (Å²) in [4.78, 5) is 25.5. The molecule has 0 aromatic rings. The molecule has 4 rings (SSSR count). The SMILES string of the molecule is CC1=C/C=C/C=C(/C=C/C=C(\C)C(=O)O[C@@H]2OC(CO)[C@@H](O)C(O)C2O)OCC2O[C@@H](OCC3O[C@@H](OC(=O)\C(C)=C\C=C\1)C(O)C(O)[C@@H]3O)C(O)C(O)[C@@H]2O. The van der Waals surface area contributed by atoms with Gasteiger partial charge in [-0.2, -0.15) is 0 Å². The molecule has 4 aliphatic heterocycles. The third kappa shape index (κ3) is 11.5. The maximum atomic E-state index is 12.7. The molecule has 19 heteroatoms. The normalized spacial score (nSPS) is 43.5. The maximum absolute atomic E-state index is 12.7. The minimum atomic E-state index is -1.83. The smallest absolute Gasteiger partial charge is 0.336 e. The Hall–Kier alpha value is -3.64. The molecule has 0 radical (unpaired) electrons. The molecule has 56 heavy (non-hydrogen) atoms. The minimum absolute atomic E-state index is 0.000734. The lowest BCUT2D eigenvalue weighted by molar-refractivity contribution is -0.327. The van der Waals surface area contributed by atoms with Crippen LogP contribution in [0.3, 0.4) is 0 Å². The summed E-state index contributed by atoms with van der Waals surface area (Å²) in [6, 6.07) is 0. The Bertz CT molecular complexity index is 1560. The first-order chi connectivity index (χ1) is 26.5. The highest BCUT2D eigenvalue weighted by Crippen LogP contribution is 2.27. The molecule has 312 valence electrons. The van der Waals surface area contributed by atoms with Crippen molar-refractivity contribution in [3.05, 3.63) is 83.2 Å². The van der Waals surface area contributed by atoms with Gasteiger partial charge in [-0.25, -0.2) is 9.59 Å². The van der Waals surface area contributed by atoms with Gasteiger partial charge in [0, 0.05) is 11.1 Å². The first-order valence-corrected chi connectivity index (χ1v) is 17.6. The Morgan fingerprint density at radius 3 is 2.04 bits per heavy atom. The van der Waals surface area contributed by atoms with Crippen LogP contribution in [0.15, 0.2) is 83.2 Å². The van der Waals surface area contributed by atoms with Gasteiger partial charge in [0.25, 0.3) is 0 Å². The van der Waals surface area contributed by atoms with E-state index in [2.05, 4.69) is 0 Å². The van der Waals surface area contributed by atoms with Crippen LogP contribution >= 0.6 is 0 Å². The molecule has 0 aromatic heterocycles. The van der Waals surface area contributed by atoms with Gasteiger partial charge in [-0.15, -0.1) is 0 Å². The molecule has 0 amide bonds. The molecule has 9 unspecified atom stereocenters. The van der Waals surface area contributed by atoms with E-state index in [0.717, 1.165) is 5.57 Å². The number of aliphatic hydroxyl groups is 10. The first-order valence-electron chi connectivity index (χ1n) is 17.6. The molecule has 0 aromatic carbocycles. The number of aliphatic hydroxyl groups excluding tert-OH is 10. The Morgan fingerprint density at radius 1 is 0.750 bits per heavy atom. The largest absolute Gasteiger partial charge is 0.491 e. The highest BCUT2D eigenvalue weighted by Gasteiger charge is 2.49. The third-order valence-corrected chi connectivity index (χ3v) is 9.16. The van der Waals surface area contributed by atoms with Gasteiger partial charge >= 0.3 is 11.9 Å². The van der Waals surface area contributed by atoms with Gasteiger partial charge in [0.15, 0.2) is 6.29 Å². The Morgan fingerprint density at radius 2 is 1.36 bits per heavy atom. The van der Waals surface area contributed by atoms with Gasteiger partial charge < -0.3 is 84.2 Å². The average Bonchev–Trinajstić information content (AvgIpc) is 3.17. The zero-order chi connectivity index (χ0) is 41.3. The molecule has 3 fully saturated rings. The van der Waals surface area contributed by atoms with E-state index < -0.39 is 124 Å². The van der Waals surface area contributed by atoms with Crippen LogP contribution in [-0.4, -0.2) is 175 Å². The van der Waals surface area contributed by atoms with Gasteiger partial charge in [-0.3, -0.25) is 0 Å². The van der Waals surface area contributed by atoms with E-state index in [0.29, 0.717) is 0 Å². The van der Waals surface area contributed by atoms with E-state index in [1.807, 2.05) is 0 Å². The highest BCUT2D eigenvalue weighted by atomic mass is 16.7. The number of fused-ring (bicyclic) bond motifs is 4. The van der Waals surface area contributed by atoms with Crippen LogP contribution in [0.4, 0.5) is 0 Å². The van der Waals surface area contributed by atoms with Gasteiger partial charge in [0.2, 0.25) is 12.6 Å². The topological polar surface area (TPSA) is 301 Å². The molecular weight excluding hydrogens is 748 g/mol. The van der Waals surface area contributed by atoms with Crippen molar-refractivity contribution in [2.45, 2.75) is 113 Å². The van der Waals surface area contributed by atoms with E-state index in [1.165, 1.54) is 44.2 Å². The van der Waals surface area contributed by atoms with Crippen molar-refractivity contribution in [2.75, 3.05) is 19.8 Å². The monoisotopic (exact) mass is 798 g/mol. The number of rotatable bonds is 5. The Kier molecular flexibility index (Phi) is 16.6. The van der Waals surface area contributed by atoms with Crippen molar-refractivity contribution in [1.82, 2.24) is 0 Å². The van der Waals surface area contributed by atoms with Crippen LogP contribution < -0.4 is 0 Å². The van der Waals surface area contributed by atoms with Crippen LogP contribution in [0.25, 0.3) is 0 Å². The molecule has 3 saturated heterocycles. The molecule has 4 bridgehead atoms. The Labute approximate surface area is 321 Å². The fourth-order valence-electron chi connectivity index (χ4n) is 5.61. The van der Waals surface area contributed by atoms with Crippen LogP contribution in [0.1, 0.15) is 20.8 Å². The summed E-state index contributed by atoms with van der Waals surface area (Å²) in [5, 5.41) is 103. The van der Waals surface area contributed by atoms with Crippen molar-refractivity contribution < 1.29 is 93.8 Å². The summed E-state index contributed by atoms with van der Waals surface area (Å²) < 4.78 is 38.3. The number of carbonyl (C=O) groups is 2. The molecule has 4 aliphatic rings. The first kappa shape index (κ1) is 45.1. The standard InChI is InChI=1S/C37H50O19/c1-17-8-4-5-12-20(13-7-11-19(3)34(49)55-36-31(46)27(42)24(39)21(14-38)52-36)50-15-22-25(40)28(43)30(45)35(53-22)51-16-23-26(41)29(44)32(47)37(54-23)56-33(48)18(2)10-6-9-17/h4-13,21-32,35-47H,14-16H2,1-3H3/b5-4+,9-6+,13-7+,17-8-,18-10+,19-11+,20-12-/t21?,22?,23?,24-,25-,26-,27?,28?,29?,30?,31?,32?,35-,36+,37+/m1/s1. The lowest BCUT2D eigenvalue weighted by atomic mass is 9.98. The van der Waals surface area contributed by atoms with E-state index in [-0.39, 0.29) is 16.9 Å². The maximum Gasteiger partial charge on any atom is 0.336 e. The second kappa shape index (κ2) is 20.7. The van der Waals surface area contributed by atoms with E-state index in [1.54, 1.807) is 37.3 Å². The summed E-state index contributed by atoms with van der Waals surface area (Å²) in [6.07, 6.45) is -9.62. The van der Waals surface area contributed by atoms with Crippen molar-refractivity contribution in [3.63, 3.8) is 0 Å². The van der Waals surface area contributed by atoms with Gasteiger partial charge in [-0.1, -0.05) is 54.2 Å². The molecular formula is C37H50O19. The fourth-order valence-corrected chi connectivity index (χ4v) is 5.61. The summed E-state index contributed by atoms with van der Waals surface area (Å²) in [5.41, 5.74) is 0.849. The minimum Gasteiger partial charge on any atom is -0.491 e. The van der Waals surface area contributed by atoms with Crippen molar-refractivity contribution in [1.29, 1.82) is 0 Å². The van der Waals surface area contributed by atoms with E-state index >= 15 is 0 Å². The molecule has 0 aliphatic carbocycles. The fraction of sp³-hybridized carbons (Fsp3) is 0.568. The van der Waals surface area contributed by atoms with E-state index in [9.17, 15) is 60.7 Å². The molecule has 15 atom stereocenters. The van der Waals surface area contributed by atoms with Crippen molar-refractivity contribution in [3.8, 4) is 0 Å². The number of hydrogen-bond acceptors (Lipinski definition) is 19. The predicted molar refractivity (Wildman–Crippen MR) is 188 cm³/mol. The average molecular weight is 799 g/mol. The summed E-state index contributed by atoms with van der Waals surface area (Å²) in [6.45, 7) is 2.85. The van der Waals surface area contributed by atoms with Gasteiger partial charge in [-0.05, 0) is 32.9 Å². The summed E-state index contributed by atoms with van der Waals surface area (Å²) in [5.74, 6) is -1.71. The molecule has 0 spiro atoms. The summed E-state index contributed by atoms with van der Waals surface area (Å²) in [7, 11) is 0. The van der Waals surface area contributed by atoms with Crippen LogP contribution in [-0.2, 0) is 42.7 Å². The quantitative estimate of drug-likeness (QED) is 0.0750. The second-order valence-corrected chi connectivity index (χ2v) is 13.5. The van der Waals surface area contributed by atoms with Crippen LogP contribution in [0.2, 0.25) is 0 Å². The number of allylic oxidation sites excluding steroid dienone is 11. The second-order valence-electron chi connectivity index (χ2n) is 13.5. The lowest BCUT2D eigenvalue weighted by Gasteiger charge is -2.42. The summed E-state index contributed by atoms with van der Waals surface area (Å²) >= 11 is 0. The molecule has 10 N–H and O–H groups in total. The number of esters is 2. The zero-order valence-electron chi connectivity index (χ0n) is 30.7. The highest BCUT2D eigenvalue weighted by molar-refractivity contribution is 5.88. The van der Waals surface area contributed by atoms with Crippen molar-refractivity contribution >= 4 is 11.9 Å². The lowest BCUT2D eigenvalue weighted by Crippen LogP contribution is -2.62. The van der Waals surface area contributed by atoms with Crippen molar-refractivity contribution in [2.24, 2.45) is 0 Å². The molecule has 0 saturated carbocycles. The third-order valence-electron chi connectivity index (χ3n) is 9.16. The molecule has 4 heterocycles. The van der Waals surface area contributed by atoms with Crippen LogP contribution in [0.5, 0.6) is 0 Å².